The second-order valence-electron chi connectivity index (χ2n) is 17.9. The lowest BCUT2D eigenvalue weighted by molar-refractivity contribution is 0.591. The van der Waals surface area contributed by atoms with Crippen LogP contribution in [0, 0.1) is 11.3 Å². The minimum Gasteiger partial charge on any atom is -0.208 e. The number of nitrogens with zero attached hydrogens (tertiary/aromatic N) is 7. The van der Waals surface area contributed by atoms with Gasteiger partial charge in [0.1, 0.15) is 0 Å². The summed E-state index contributed by atoms with van der Waals surface area (Å²) in [6.45, 7) is 13.2. The van der Waals surface area contributed by atoms with Crippen LogP contribution in [0.25, 0.3) is 90.6 Å². The quantitative estimate of drug-likeness (QED) is 0.150. The molecule has 9 aromatic rings. The second-order valence-corrected chi connectivity index (χ2v) is 17.9. The molecule has 0 aliphatic carbocycles. The minimum absolute atomic E-state index is 0.143. The van der Waals surface area contributed by atoms with Gasteiger partial charge < -0.3 is 0 Å². The highest BCUT2D eigenvalue weighted by atomic mass is 15.0. The summed E-state index contributed by atoms with van der Waals surface area (Å²) in [5, 5.41) is 10.9. The average Bonchev–Trinajstić information content (AvgIpc) is 3.33. The highest BCUT2D eigenvalue weighted by molar-refractivity contribution is 5.88. The first-order valence-electron chi connectivity index (χ1n) is 21.5. The first-order chi connectivity index (χ1) is 31.0. The average molecular weight is 830 g/mol. The Morgan fingerprint density at radius 3 is 1.09 bits per heavy atom. The van der Waals surface area contributed by atoms with Crippen molar-refractivity contribution >= 4 is 0 Å². The Morgan fingerprint density at radius 2 is 0.656 bits per heavy atom. The first-order valence-corrected chi connectivity index (χ1v) is 21.5. The van der Waals surface area contributed by atoms with Crippen molar-refractivity contribution in [3.8, 4) is 96.7 Å². The predicted octanol–water partition coefficient (Wildman–Crippen LogP) is 13.9. The fraction of sp³-hybridized carbons (Fsp3) is 0.140. The van der Waals surface area contributed by atoms with Crippen LogP contribution in [0.2, 0.25) is 0 Å². The van der Waals surface area contributed by atoms with E-state index in [1.807, 2.05) is 127 Å². The summed E-state index contributed by atoms with van der Waals surface area (Å²) in [6.07, 6.45) is 0. The molecule has 0 saturated heterocycles. The van der Waals surface area contributed by atoms with Crippen molar-refractivity contribution in [2.45, 2.75) is 52.4 Å². The van der Waals surface area contributed by atoms with Gasteiger partial charge in [0.25, 0.3) is 0 Å². The van der Waals surface area contributed by atoms with E-state index in [4.69, 9.17) is 29.9 Å². The molecule has 0 atom stereocenters. The Hall–Kier alpha value is -7.95. The number of hydrogen-bond donors (Lipinski definition) is 0. The van der Waals surface area contributed by atoms with Gasteiger partial charge in [-0.1, -0.05) is 211 Å². The molecule has 2 heterocycles. The molecule has 64 heavy (non-hydrogen) atoms. The zero-order chi connectivity index (χ0) is 44.4. The van der Waals surface area contributed by atoms with Gasteiger partial charge in [-0.2, -0.15) is 5.26 Å². The molecular formula is C57H47N7. The Labute approximate surface area is 375 Å². The van der Waals surface area contributed by atoms with Crippen LogP contribution in [0.3, 0.4) is 0 Å². The zero-order valence-electron chi connectivity index (χ0n) is 36.9. The van der Waals surface area contributed by atoms with Gasteiger partial charge in [-0.3, -0.25) is 0 Å². The van der Waals surface area contributed by atoms with E-state index in [1.165, 1.54) is 0 Å². The van der Waals surface area contributed by atoms with E-state index in [9.17, 15) is 5.26 Å². The van der Waals surface area contributed by atoms with E-state index in [2.05, 4.69) is 96.1 Å². The van der Waals surface area contributed by atoms with Crippen molar-refractivity contribution in [2.75, 3.05) is 0 Å². The van der Waals surface area contributed by atoms with Crippen molar-refractivity contribution in [2.24, 2.45) is 0 Å². The van der Waals surface area contributed by atoms with E-state index in [0.29, 0.717) is 40.5 Å². The molecule has 310 valence electrons. The molecule has 0 spiro atoms. The van der Waals surface area contributed by atoms with Gasteiger partial charge in [-0.05, 0) is 44.7 Å². The fourth-order valence-electron chi connectivity index (χ4n) is 8.21. The molecule has 2 aromatic heterocycles. The van der Waals surface area contributed by atoms with Crippen LogP contribution < -0.4 is 0 Å². The molecule has 0 radical (unpaired) electrons. The SMILES string of the molecule is CC(C)(C)c1ccccc1-c1nc(-c2ccccc2)nc(-c2ccccc2-c2ccc(-c3ccccc3-c3nc(-c4ccccc4)nc(-c4ccccc4C(C)(C)C)n3)c(C#N)c2)n1. The molecule has 7 heteroatoms. The van der Waals surface area contributed by atoms with Crippen molar-refractivity contribution in [3.05, 3.63) is 193 Å². The summed E-state index contributed by atoms with van der Waals surface area (Å²) in [7, 11) is 0. The minimum atomic E-state index is -0.149. The van der Waals surface area contributed by atoms with Crippen molar-refractivity contribution in [1.82, 2.24) is 29.9 Å². The molecule has 0 amide bonds. The molecule has 0 aliphatic heterocycles. The molecule has 0 unspecified atom stereocenters. The summed E-state index contributed by atoms with van der Waals surface area (Å²) >= 11 is 0. The van der Waals surface area contributed by atoms with Gasteiger partial charge in [0.05, 0.1) is 11.6 Å². The number of hydrogen-bond acceptors (Lipinski definition) is 7. The summed E-state index contributed by atoms with van der Waals surface area (Å²) in [5.74, 6) is 3.43. The third kappa shape index (κ3) is 8.34. The van der Waals surface area contributed by atoms with Crippen LogP contribution in [0.5, 0.6) is 0 Å². The summed E-state index contributed by atoms with van der Waals surface area (Å²) < 4.78 is 0. The molecule has 7 aromatic carbocycles. The normalized spacial score (nSPS) is 11.6. The van der Waals surface area contributed by atoms with Gasteiger partial charge in [0, 0.05) is 38.9 Å². The van der Waals surface area contributed by atoms with Crippen LogP contribution in [0.1, 0.15) is 58.2 Å². The zero-order valence-corrected chi connectivity index (χ0v) is 36.9. The number of benzene rings is 7. The fourth-order valence-corrected chi connectivity index (χ4v) is 8.21. The lowest BCUT2D eigenvalue weighted by Crippen LogP contribution is -2.13. The molecule has 0 fully saturated rings. The maximum Gasteiger partial charge on any atom is 0.164 e. The summed E-state index contributed by atoms with van der Waals surface area (Å²) in [4.78, 5) is 30.7. The van der Waals surface area contributed by atoms with Crippen LogP contribution in [0.4, 0.5) is 0 Å². The Balaban J connectivity index is 1.18. The molecule has 7 nitrogen and oxygen atoms in total. The van der Waals surface area contributed by atoms with Crippen molar-refractivity contribution in [1.29, 1.82) is 5.26 Å². The Bertz CT molecular complexity index is 3190. The Morgan fingerprint density at radius 1 is 0.312 bits per heavy atom. The monoisotopic (exact) mass is 829 g/mol. The highest BCUT2D eigenvalue weighted by Crippen LogP contribution is 2.40. The molecule has 0 N–H and O–H groups in total. The maximum atomic E-state index is 10.9. The number of aromatic nitrogens is 6. The molecule has 0 saturated carbocycles. The van der Waals surface area contributed by atoms with E-state index in [0.717, 1.165) is 66.8 Å². The third-order valence-electron chi connectivity index (χ3n) is 11.4. The lowest BCUT2D eigenvalue weighted by atomic mass is 9.83. The van der Waals surface area contributed by atoms with E-state index in [-0.39, 0.29) is 10.8 Å². The van der Waals surface area contributed by atoms with Gasteiger partial charge in [0.2, 0.25) is 0 Å². The van der Waals surface area contributed by atoms with E-state index >= 15 is 0 Å². The predicted molar refractivity (Wildman–Crippen MR) is 259 cm³/mol. The van der Waals surface area contributed by atoms with Crippen LogP contribution in [0.15, 0.2) is 176 Å². The van der Waals surface area contributed by atoms with Gasteiger partial charge in [-0.25, -0.2) is 29.9 Å². The standard InChI is InChI=1S/C57H47N7/c1-56(2,3)48-31-19-17-29-46(48)54-61-50(37-21-9-7-10-22-37)59-52(63-54)44-27-15-13-25-41(44)39-33-34-42(40(35-39)36-58)43-26-14-16-28-45(43)53-60-51(38-23-11-8-12-24-38)62-55(64-53)47-30-18-20-32-49(47)57(4,5)6/h7-35H,1-6H3. The first kappa shape index (κ1) is 41.4. The van der Waals surface area contributed by atoms with Crippen LogP contribution >= 0.6 is 0 Å². The molecular weight excluding hydrogens is 783 g/mol. The van der Waals surface area contributed by atoms with Crippen LogP contribution in [-0.4, -0.2) is 29.9 Å². The van der Waals surface area contributed by atoms with Gasteiger partial charge in [-0.15, -0.1) is 0 Å². The smallest absolute Gasteiger partial charge is 0.164 e. The van der Waals surface area contributed by atoms with Gasteiger partial charge in [0.15, 0.2) is 34.9 Å². The highest BCUT2D eigenvalue weighted by Gasteiger charge is 2.25. The van der Waals surface area contributed by atoms with Crippen LogP contribution in [-0.2, 0) is 10.8 Å². The van der Waals surface area contributed by atoms with E-state index < -0.39 is 0 Å². The van der Waals surface area contributed by atoms with Crippen molar-refractivity contribution < 1.29 is 0 Å². The molecule has 9 rings (SSSR count). The van der Waals surface area contributed by atoms with Gasteiger partial charge >= 0.3 is 0 Å². The largest absolute Gasteiger partial charge is 0.208 e. The Kier molecular flexibility index (Phi) is 11.0. The van der Waals surface area contributed by atoms with Crippen molar-refractivity contribution in [3.63, 3.8) is 0 Å². The summed E-state index contributed by atoms with van der Waals surface area (Å²) in [5.41, 5.74) is 11.2. The summed E-state index contributed by atoms with van der Waals surface area (Å²) in [6, 6.07) is 61.3. The lowest BCUT2D eigenvalue weighted by Gasteiger charge is -2.22. The molecule has 0 bridgehead atoms. The third-order valence-corrected chi connectivity index (χ3v) is 11.4. The topological polar surface area (TPSA) is 101 Å². The second kappa shape index (κ2) is 17.1. The van der Waals surface area contributed by atoms with E-state index in [1.54, 1.807) is 0 Å². The number of rotatable bonds is 8. The maximum absolute atomic E-state index is 10.9. The molecule has 0 aliphatic rings. The number of nitriles is 1.